The number of aryl methyl sites for hydroxylation is 1. The van der Waals surface area contributed by atoms with Crippen LogP contribution in [0.1, 0.15) is 24.0 Å². The number of ether oxygens (including phenoxy) is 1. The van der Waals surface area contributed by atoms with E-state index < -0.39 is 0 Å². The Morgan fingerprint density at radius 1 is 1.47 bits per heavy atom. The molecule has 2 N–H and O–H groups in total. The van der Waals surface area contributed by atoms with Gasteiger partial charge in [-0.25, -0.2) is 0 Å². The number of fused-ring (bicyclic) bond motifs is 1. The van der Waals surface area contributed by atoms with Gasteiger partial charge < -0.3 is 10.5 Å². The van der Waals surface area contributed by atoms with Gasteiger partial charge in [-0.15, -0.1) is 0 Å². The van der Waals surface area contributed by atoms with Gasteiger partial charge in [0.1, 0.15) is 5.75 Å². The zero-order valence-corrected chi connectivity index (χ0v) is 9.33. The molecule has 0 spiro atoms. The Labute approximate surface area is 91.4 Å². The van der Waals surface area contributed by atoms with E-state index in [1.54, 1.807) is 7.11 Å². The minimum atomic E-state index is 0.749. The van der Waals surface area contributed by atoms with Gasteiger partial charge in [0.2, 0.25) is 0 Å². The van der Waals surface area contributed by atoms with Gasteiger partial charge in [-0.3, -0.25) is 0 Å². The fourth-order valence-electron chi connectivity index (χ4n) is 2.50. The summed E-state index contributed by atoms with van der Waals surface area (Å²) in [6, 6.07) is 6.36. The first-order valence-corrected chi connectivity index (χ1v) is 5.70. The second-order valence-electron chi connectivity index (χ2n) is 4.28. The summed E-state index contributed by atoms with van der Waals surface area (Å²) in [6.07, 6.45) is 4.72. The van der Waals surface area contributed by atoms with E-state index in [4.69, 9.17) is 10.5 Å². The average molecular weight is 205 g/mol. The standard InChI is InChI=1S/C13H19NO/c1-15-13-4-2-3-11-6-5-10(7-8-14)9-12(11)13/h2-4,10H,5-9,14H2,1H3. The fourth-order valence-corrected chi connectivity index (χ4v) is 2.50. The lowest BCUT2D eigenvalue weighted by Crippen LogP contribution is -2.18. The van der Waals surface area contributed by atoms with Gasteiger partial charge >= 0.3 is 0 Å². The normalized spacial score (nSPS) is 19.7. The topological polar surface area (TPSA) is 35.2 Å². The van der Waals surface area contributed by atoms with Crippen LogP contribution in [0.2, 0.25) is 0 Å². The Bertz CT molecular complexity index is 321. The second kappa shape index (κ2) is 4.67. The fraction of sp³-hybridized carbons (Fsp3) is 0.538. The Hall–Kier alpha value is -1.02. The maximum absolute atomic E-state index is 5.62. The van der Waals surface area contributed by atoms with Crippen molar-refractivity contribution in [3.8, 4) is 5.75 Å². The molecule has 0 radical (unpaired) electrons. The van der Waals surface area contributed by atoms with Crippen molar-refractivity contribution in [2.75, 3.05) is 13.7 Å². The van der Waals surface area contributed by atoms with E-state index in [1.807, 2.05) is 0 Å². The van der Waals surface area contributed by atoms with Crippen LogP contribution in [-0.2, 0) is 12.8 Å². The predicted molar refractivity (Wildman–Crippen MR) is 62.2 cm³/mol. The number of methoxy groups -OCH3 is 1. The Kier molecular flexibility index (Phi) is 3.27. The first-order valence-electron chi connectivity index (χ1n) is 5.70. The molecular formula is C13H19NO. The van der Waals surface area contributed by atoms with E-state index >= 15 is 0 Å². The molecule has 1 aliphatic rings. The maximum Gasteiger partial charge on any atom is 0.122 e. The van der Waals surface area contributed by atoms with Crippen LogP contribution >= 0.6 is 0 Å². The van der Waals surface area contributed by atoms with Crippen LogP contribution in [0, 0.1) is 5.92 Å². The summed E-state index contributed by atoms with van der Waals surface area (Å²) in [4.78, 5) is 0. The molecule has 0 heterocycles. The van der Waals surface area contributed by atoms with Gasteiger partial charge in [0.15, 0.2) is 0 Å². The molecule has 0 fully saturated rings. The Morgan fingerprint density at radius 3 is 3.07 bits per heavy atom. The van der Waals surface area contributed by atoms with Crippen molar-refractivity contribution < 1.29 is 4.74 Å². The van der Waals surface area contributed by atoms with Gasteiger partial charge in [0.25, 0.3) is 0 Å². The maximum atomic E-state index is 5.62. The zero-order chi connectivity index (χ0) is 10.7. The van der Waals surface area contributed by atoms with Crippen LogP contribution in [-0.4, -0.2) is 13.7 Å². The highest BCUT2D eigenvalue weighted by atomic mass is 16.5. The van der Waals surface area contributed by atoms with E-state index in [0.29, 0.717) is 0 Å². The number of nitrogens with two attached hydrogens (primary N) is 1. The lowest BCUT2D eigenvalue weighted by Gasteiger charge is -2.25. The lowest BCUT2D eigenvalue weighted by atomic mass is 9.82. The molecule has 0 aromatic heterocycles. The van der Waals surface area contributed by atoms with Crippen molar-refractivity contribution in [1.29, 1.82) is 0 Å². The molecule has 1 atom stereocenters. The van der Waals surface area contributed by atoms with Crippen LogP contribution in [0.5, 0.6) is 5.75 Å². The predicted octanol–water partition coefficient (Wildman–Crippen LogP) is 2.15. The number of rotatable bonds is 3. The molecule has 1 aromatic carbocycles. The van der Waals surface area contributed by atoms with Crippen LogP contribution in [0.15, 0.2) is 18.2 Å². The first kappa shape index (κ1) is 10.5. The molecular weight excluding hydrogens is 186 g/mol. The lowest BCUT2D eigenvalue weighted by molar-refractivity contribution is 0.384. The van der Waals surface area contributed by atoms with Gasteiger partial charge in [-0.05, 0) is 55.3 Å². The molecule has 2 nitrogen and oxygen atoms in total. The van der Waals surface area contributed by atoms with Crippen molar-refractivity contribution in [2.24, 2.45) is 11.7 Å². The summed E-state index contributed by atoms with van der Waals surface area (Å²) >= 11 is 0. The summed E-state index contributed by atoms with van der Waals surface area (Å²) in [6.45, 7) is 0.801. The second-order valence-corrected chi connectivity index (χ2v) is 4.28. The van der Waals surface area contributed by atoms with Crippen LogP contribution in [0.4, 0.5) is 0 Å². The van der Waals surface area contributed by atoms with Gasteiger partial charge in [-0.2, -0.15) is 0 Å². The van der Waals surface area contributed by atoms with E-state index in [9.17, 15) is 0 Å². The molecule has 1 unspecified atom stereocenters. The number of benzene rings is 1. The minimum absolute atomic E-state index is 0.749. The summed E-state index contributed by atoms with van der Waals surface area (Å²) in [5.74, 6) is 1.80. The quantitative estimate of drug-likeness (QED) is 0.820. The highest BCUT2D eigenvalue weighted by Gasteiger charge is 2.20. The highest BCUT2D eigenvalue weighted by Crippen LogP contribution is 2.33. The summed E-state index contributed by atoms with van der Waals surface area (Å²) in [5, 5.41) is 0. The summed E-state index contributed by atoms with van der Waals surface area (Å²) in [5.41, 5.74) is 8.49. The summed E-state index contributed by atoms with van der Waals surface area (Å²) < 4.78 is 5.41. The minimum Gasteiger partial charge on any atom is -0.496 e. The first-order chi connectivity index (χ1) is 7.35. The molecule has 15 heavy (non-hydrogen) atoms. The van der Waals surface area contributed by atoms with E-state index in [-0.39, 0.29) is 0 Å². The van der Waals surface area contributed by atoms with Crippen molar-refractivity contribution in [3.05, 3.63) is 29.3 Å². The average Bonchev–Trinajstić information content (AvgIpc) is 2.28. The molecule has 1 aromatic rings. The van der Waals surface area contributed by atoms with Crippen molar-refractivity contribution in [2.45, 2.75) is 25.7 Å². The Balaban J connectivity index is 2.22. The molecule has 0 saturated heterocycles. The van der Waals surface area contributed by atoms with Crippen molar-refractivity contribution in [3.63, 3.8) is 0 Å². The number of hydrogen-bond donors (Lipinski definition) is 1. The van der Waals surface area contributed by atoms with Gasteiger partial charge in [-0.1, -0.05) is 12.1 Å². The van der Waals surface area contributed by atoms with Crippen molar-refractivity contribution in [1.82, 2.24) is 0 Å². The third-order valence-electron chi connectivity index (χ3n) is 3.34. The molecule has 0 bridgehead atoms. The molecule has 0 aliphatic heterocycles. The van der Waals surface area contributed by atoms with E-state index in [0.717, 1.165) is 31.1 Å². The van der Waals surface area contributed by atoms with Crippen LogP contribution in [0.25, 0.3) is 0 Å². The molecule has 0 amide bonds. The zero-order valence-electron chi connectivity index (χ0n) is 9.33. The molecule has 2 heteroatoms. The molecule has 82 valence electrons. The highest BCUT2D eigenvalue weighted by molar-refractivity contribution is 5.42. The smallest absolute Gasteiger partial charge is 0.122 e. The van der Waals surface area contributed by atoms with Gasteiger partial charge in [0, 0.05) is 0 Å². The number of hydrogen-bond acceptors (Lipinski definition) is 2. The summed E-state index contributed by atoms with van der Waals surface area (Å²) in [7, 11) is 1.75. The van der Waals surface area contributed by atoms with Gasteiger partial charge in [0.05, 0.1) is 7.11 Å². The van der Waals surface area contributed by atoms with Crippen molar-refractivity contribution >= 4 is 0 Å². The van der Waals surface area contributed by atoms with Crippen LogP contribution < -0.4 is 10.5 Å². The monoisotopic (exact) mass is 205 g/mol. The molecule has 0 saturated carbocycles. The van der Waals surface area contributed by atoms with E-state index in [1.165, 1.54) is 24.0 Å². The van der Waals surface area contributed by atoms with E-state index in [2.05, 4.69) is 18.2 Å². The largest absolute Gasteiger partial charge is 0.496 e. The molecule has 1 aliphatic carbocycles. The SMILES string of the molecule is COc1cccc2c1CC(CCN)CC2. The molecule has 2 rings (SSSR count). The third kappa shape index (κ3) is 2.15. The van der Waals surface area contributed by atoms with Crippen LogP contribution in [0.3, 0.4) is 0 Å². The Morgan fingerprint density at radius 2 is 2.33 bits per heavy atom. The third-order valence-corrected chi connectivity index (χ3v) is 3.34.